The molecule has 0 aromatic heterocycles. The van der Waals surface area contributed by atoms with E-state index in [0.717, 1.165) is 73.9 Å². The number of nitrogens with zero attached hydrogens (tertiary/aromatic N) is 2. The molecule has 1 amide bonds. The molecule has 4 rings (SSSR count). The number of anilines is 1. The SMILES string of the molecule is COc1ccc(N2CCN(CCCCNC(=O)c3ccc(C=Cc4cc(Cl)cc(Cl)c4)cc3)CC2)c(OC)c1. The van der Waals surface area contributed by atoms with Crippen molar-refractivity contribution in [2.45, 2.75) is 12.8 Å². The zero-order valence-electron chi connectivity index (χ0n) is 22.5. The van der Waals surface area contributed by atoms with Crippen LogP contribution in [0.3, 0.4) is 0 Å². The normalized spacial score (nSPS) is 14.0. The quantitative estimate of drug-likeness (QED) is 0.211. The zero-order valence-corrected chi connectivity index (χ0v) is 24.0. The van der Waals surface area contributed by atoms with Crippen molar-refractivity contribution in [1.82, 2.24) is 10.2 Å². The number of carbonyl (C=O) groups excluding carboxylic acids is 1. The summed E-state index contributed by atoms with van der Waals surface area (Å²) in [6.07, 6.45) is 5.91. The van der Waals surface area contributed by atoms with E-state index in [1.54, 1.807) is 20.3 Å². The van der Waals surface area contributed by atoms with E-state index in [9.17, 15) is 4.79 Å². The Labute approximate surface area is 241 Å². The van der Waals surface area contributed by atoms with E-state index in [4.69, 9.17) is 32.7 Å². The number of benzene rings is 3. The number of unbranched alkanes of at least 4 members (excludes halogenated alkanes) is 1. The lowest BCUT2D eigenvalue weighted by molar-refractivity contribution is 0.0952. The summed E-state index contributed by atoms with van der Waals surface area (Å²) in [7, 11) is 3.36. The number of halogens is 2. The predicted molar refractivity (Wildman–Crippen MR) is 162 cm³/mol. The zero-order chi connectivity index (χ0) is 27.6. The Morgan fingerprint density at radius 1 is 0.846 bits per heavy atom. The molecule has 1 saturated heterocycles. The van der Waals surface area contributed by atoms with Gasteiger partial charge in [0.05, 0.1) is 19.9 Å². The highest BCUT2D eigenvalue weighted by Gasteiger charge is 2.20. The fourth-order valence-electron chi connectivity index (χ4n) is 4.63. The number of methoxy groups -OCH3 is 2. The molecule has 0 atom stereocenters. The largest absolute Gasteiger partial charge is 0.497 e. The van der Waals surface area contributed by atoms with Gasteiger partial charge in [-0.25, -0.2) is 0 Å². The molecule has 8 heteroatoms. The van der Waals surface area contributed by atoms with Crippen LogP contribution in [0.2, 0.25) is 10.0 Å². The van der Waals surface area contributed by atoms with Crippen LogP contribution in [0.15, 0.2) is 60.7 Å². The second kappa shape index (κ2) is 14.3. The highest BCUT2D eigenvalue weighted by molar-refractivity contribution is 6.34. The van der Waals surface area contributed by atoms with E-state index in [1.807, 2.05) is 60.7 Å². The van der Waals surface area contributed by atoms with Crippen molar-refractivity contribution in [2.24, 2.45) is 0 Å². The van der Waals surface area contributed by atoms with E-state index < -0.39 is 0 Å². The lowest BCUT2D eigenvalue weighted by Crippen LogP contribution is -2.46. The van der Waals surface area contributed by atoms with Crippen molar-refractivity contribution >= 4 is 46.9 Å². The molecule has 1 heterocycles. The fourth-order valence-corrected chi connectivity index (χ4v) is 5.18. The van der Waals surface area contributed by atoms with Crippen LogP contribution in [0.5, 0.6) is 11.5 Å². The van der Waals surface area contributed by atoms with Crippen molar-refractivity contribution in [3.63, 3.8) is 0 Å². The molecule has 0 aliphatic carbocycles. The first-order chi connectivity index (χ1) is 18.9. The molecule has 0 bridgehead atoms. The predicted octanol–water partition coefficient (Wildman–Crippen LogP) is 6.51. The number of carbonyl (C=O) groups is 1. The summed E-state index contributed by atoms with van der Waals surface area (Å²) in [5.41, 5.74) is 3.68. The van der Waals surface area contributed by atoms with E-state index in [1.165, 1.54) is 0 Å². The molecule has 1 aliphatic heterocycles. The molecule has 0 radical (unpaired) electrons. The summed E-state index contributed by atoms with van der Waals surface area (Å²) in [6.45, 7) is 5.62. The minimum Gasteiger partial charge on any atom is -0.497 e. The highest BCUT2D eigenvalue weighted by atomic mass is 35.5. The van der Waals surface area contributed by atoms with Gasteiger partial charge >= 0.3 is 0 Å². The van der Waals surface area contributed by atoms with Crippen LogP contribution in [0.4, 0.5) is 5.69 Å². The molecule has 0 spiro atoms. The Hall–Kier alpha value is -3.19. The van der Waals surface area contributed by atoms with E-state index in [0.29, 0.717) is 22.2 Å². The second-order valence-electron chi connectivity index (χ2n) is 9.49. The average Bonchev–Trinajstić information content (AvgIpc) is 2.95. The molecule has 39 heavy (non-hydrogen) atoms. The Bertz CT molecular complexity index is 1250. The summed E-state index contributed by atoms with van der Waals surface area (Å²) in [6, 6.07) is 18.9. The van der Waals surface area contributed by atoms with Crippen LogP contribution in [0.25, 0.3) is 12.2 Å². The number of hydrogen-bond acceptors (Lipinski definition) is 5. The number of amides is 1. The smallest absolute Gasteiger partial charge is 0.251 e. The Kier molecular flexibility index (Phi) is 10.5. The Balaban J connectivity index is 1.14. The van der Waals surface area contributed by atoms with Crippen molar-refractivity contribution in [2.75, 3.05) is 58.4 Å². The molecule has 1 N–H and O–H groups in total. The van der Waals surface area contributed by atoms with Gasteiger partial charge in [0.2, 0.25) is 0 Å². The number of ether oxygens (including phenoxy) is 2. The van der Waals surface area contributed by atoms with Crippen molar-refractivity contribution in [3.8, 4) is 11.5 Å². The van der Waals surface area contributed by atoms with Crippen LogP contribution in [-0.4, -0.2) is 64.3 Å². The minimum atomic E-state index is -0.0470. The number of nitrogens with one attached hydrogen (secondary N) is 1. The van der Waals surface area contributed by atoms with E-state index in [2.05, 4.69) is 21.2 Å². The Morgan fingerprint density at radius 2 is 1.54 bits per heavy atom. The van der Waals surface area contributed by atoms with Gasteiger partial charge in [-0.3, -0.25) is 9.69 Å². The van der Waals surface area contributed by atoms with E-state index >= 15 is 0 Å². The maximum Gasteiger partial charge on any atom is 0.251 e. The number of rotatable bonds is 11. The maximum atomic E-state index is 12.5. The highest BCUT2D eigenvalue weighted by Crippen LogP contribution is 2.32. The summed E-state index contributed by atoms with van der Waals surface area (Å²) < 4.78 is 10.9. The first kappa shape index (κ1) is 28.8. The third-order valence-electron chi connectivity index (χ3n) is 6.81. The summed E-state index contributed by atoms with van der Waals surface area (Å²) in [5, 5.41) is 4.24. The molecular weight excluding hydrogens is 533 g/mol. The van der Waals surface area contributed by atoms with Gasteiger partial charge in [-0.15, -0.1) is 0 Å². The lowest BCUT2D eigenvalue weighted by Gasteiger charge is -2.36. The first-order valence-electron chi connectivity index (χ1n) is 13.2. The second-order valence-corrected chi connectivity index (χ2v) is 10.4. The molecule has 0 saturated carbocycles. The molecule has 1 fully saturated rings. The number of piperazine rings is 1. The van der Waals surface area contributed by atoms with Gasteiger partial charge in [0.25, 0.3) is 5.91 Å². The van der Waals surface area contributed by atoms with Gasteiger partial charge in [-0.05, 0) is 73.0 Å². The van der Waals surface area contributed by atoms with Gasteiger partial charge < -0.3 is 19.7 Å². The molecule has 3 aromatic carbocycles. The maximum absolute atomic E-state index is 12.5. The molecule has 6 nitrogen and oxygen atoms in total. The molecule has 0 unspecified atom stereocenters. The molecule has 3 aromatic rings. The third-order valence-corrected chi connectivity index (χ3v) is 7.25. The van der Waals surface area contributed by atoms with Gasteiger partial charge in [0.1, 0.15) is 11.5 Å². The van der Waals surface area contributed by atoms with Gasteiger partial charge in [0, 0.05) is 54.4 Å². The fraction of sp³-hybridized carbons (Fsp3) is 0.323. The van der Waals surface area contributed by atoms with Gasteiger partial charge in [-0.2, -0.15) is 0 Å². The van der Waals surface area contributed by atoms with Crippen LogP contribution in [-0.2, 0) is 0 Å². The molecular formula is C31H35Cl2N3O3. The standard InChI is InChI=1S/C31H35Cl2N3O3/c1-38-28-11-12-29(30(22-28)39-2)36-17-15-35(16-18-36)14-4-3-13-34-31(37)25-9-7-23(8-10-25)5-6-24-19-26(32)21-27(33)20-24/h5-12,19-22H,3-4,13-18H2,1-2H3,(H,34,37). The summed E-state index contributed by atoms with van der Waals surface area (Å²) in [5.74, 6) is 1.59. The van der Waals surface area contributed by atoms with Gasteiger partial charge in [-0.1, -0.05) is 47.5 Å². The topological polar surface area (TPSA) is 54.0 Å². The summed E-state index contributed by atoms with van der Waals surface area (Å²) >= 11 is 12.1. The van der Waals surface area contributed by atoms with E-state index in [-0.39, 0.29) is 5.91 Å². The first-order valence-corrected chi connectivity index (χ1v) is 13.9. The minimum absolute atomic E-state index is 0.0470. The lowest BCUT2D eigenvalue weighted by atomic mass is 10.1. The van der Waals surface area contributed by atoms with Crippen molar-refractivity contribution in [3.05, 3.63) is 87.4 Å². The van der Waals surface area contributed by atoms with Crippen molar-refractivity contribution in [1.29, 1.82) is 0 Å². The van der Waals surface area contributed by atoms with Crippen LogP contribution in [0, 0.1) is 0 Å². The van der Waals surface area contributed by atoms with Crippen LogP contribution < -0.4 is 19.7 Å². The van der Waals surface area contributed by atoms with Crippen molar-refractivity contribution < 1.29 is 14.3 Å². The monoisotopic (exact) mass is 567 g/mol. The Morgan fingerprint density at radius 3 is 2.21 bits per heavy atom. The third kappa shape index (κ3) is 8.40. The van der Waals surface area contributed by atoms with Crippen LogP contribution in [0.1, 0.15) is 34.3 Å². The molecule has 206 valence electrons. The summed E-state index contributed by atoms with van der Waals surface area (Å²) in [4.78, 5) is 17.4. The van der Waals surface area contributed by atoms with Crippen LogP contribution >= 0.6 is 23.2 Å². The van der Waals surface area contributed by atoms with Gasteiger partial charge in [0.15, 0.2) is 0 Å². The number of hydrogen-bond donors (Lipinski definition) is 1. The average molecular weight is 569 g/mol. The molecule has 1 aliphatic rings.